The van der Waals surface area contributed by atoms with Gasteiger partial charge >= 0.3 is 0 Å². The third-order valence-corrected chi connectivity index (χ3v) is 1.34. The Morgan fingerprint density at radius 2 is 2.00 bits per heavy atom. The normalized spacial score (nSPS) is 13.0. The first-order valence-electron chi connectivity index (χ1n) is 3.07. The van der Waals surface area contributed by atoms with Crippen LogP contribution in [0.5, 0.6) is 0 Å². The molecule has 1 aromatic carbocycles. The van der Waals surface area contributed by atoms with Crippen molar-refractivity contribution >= 4 is 11.4 Å². The Morgan fingerprint density at radius 1 is 1.40 bits per heavy atom. The molecular formula is C7H10N2O. The van der Waals surface area contributed by atoms with Crippen LogP contribution in [0.1, 0.15) is 0 Å². The van der Waals surface area contributed by atoms with Gasteiger partial charge in [0.15, 0.2) is 5.69 Å². The molecule has 1 aromatic rings. The molecule has 1 unspecified atom stereocenters. The third kappa shape index (κ3) is 1.26. The van der Waals surface area contributed by atoms with Gasteiger partial charge in [0.05, 0.1) is 12.7 Å². The van der Waals surface area contributed by atoms with E-state index in [0.717, 1.165) is 0 Å². The standard InChI is InChI=1S/C7H10N2O/c1-9(10)7-5-3-2-4-6(7)8/h2-5,9H,8H2,1H3. The van der Waals surface area contributed by atoms with Gasteiger partial charge in [-0.2, -0.15) is 0 Å². The molecule has 0 fully saturated rings. The highest BCUT2D eigenvalue weighted by Gasteiger charge is 1.99. The highest BCUT2D eigenvalue weighted by Crippen LogP contribution is 2.10. The quantitative estimate of drug-likeness (QED) is 0.421. The Balaban J connectivity index is 3.03. The summed E-state index contributed by atoms with van der Waals surface area (Å²) < 4.78 is 0. The largest absolute Gasteiger partial charge is 0.629 e. The summed E-state index contributed by atoms with van der Waals surface area (Å²) >= 11 is 0. The molecule has 3 heteroatoms. The minimum absolute atomic E-state index is 0.0121. The van der Waals surface area contributed by atoms with Crippen LogP contribution in [0.2, 0.25) is 0 Å². The zero-order valence-corrected chi connectivity index (χ0v) is 5.79. The van der Waals surface area contributed by atoms with Crippen LogP contribution in [0.25, 0.3) is 0 Å². The first kappa shape index (κ1) is 7.05. The van der Waals surface area contributed by atoms with Gasteiger partial charge in [-0.1, -0.05) is 12.1 Å². The second-order valence-corrected chi connectivity index (χ2v) is 2.14. The van der Waals surface area contributed by atoms with E-state index in [2.05, 4.69) is 0 Å². The summed E-state index contributed by atoms with van der Waals surface area (Å²) in [6, 6.07) is 7.04. The number of hydrogen-bond donors (Lipinski definition) is 2. The van der Waals surface area contributed by atoms with Crippen LogP contribution in [0.3, 0.4) is 0 Å². The molecule has 0 aliphatic carbocycles. The molecule has 0 bridgehead atoms. The summed E-state index contributed by atoms with van der Waals surface area (Å²) in [4.78, 5) is 0. The molecule has 0 spiro atoms. The predicted octanol–water partition coefficient (Wildman–Crippen LogP) is -0.0872. The monoisotopic (exact) mass is 138 g/mol. The smallest absolute Gasteiger partial charge is 0.154 e. The van der Waals surface area contributed by atoms with Crippen LogP contribution >= 0.6 is 0 Å². The van der Waals surface area contributed by atoms with Crippen molar-refractivity contribution in [3.05, 3.63) is 29.5 Å². The molecule has 3 nitrogen and oxygen atoms in total. The molecule has 1 rings (SSSR count). The summed E-state index contributed by atoms with van der Waals surface area (Å²) in [7, 11) is 1.51. The molecular weight excluding hydrogens is 128 g/mol. The molecule has 0 amide bonds. The minimum Gasteiger partial charge on any atom is -0.629 e. The fourth-order valence-corrected chi connectivity index (χ4v) is 0.818. The third-order valence-electron chi connectivity index (χ3n) is 1.34. The van der Waals surface area contributed by atoms with Crippen LogP contribution in [0.15, 0.2) is 24.3 Å². The van der Waals surface area contributed by atoms with Gasteiger partial charge in [0, 0.05) is 6.07 Å². The van der Waals surface area contributed by atoms with Crippen molar-refractivity contribution in [2.75, 3.05) is 12.8 Å². The number of benzene rings is 1. The highest BCUT2D eigenvalue weighted by molar-refractivity contribution is 5.56. The second-order valence-electron chi connectivity index (χ2n) is 2.14. The van der Waals surface area contributed by atoms with Gasteiger partial charge in [0.1, 0.15) is 0 Å². The number of para-hydroxylation sites is 2. The predicted molar refractivity (Wildman–Crippen MR) is 40.8 cm³/mol. The minimum atomic E-state index is 0.0121. The Kier molecular flexibility index (Phi) is 1.89. The first-order valence-corrected chi connectivity index (χ1v) is 3.07. The molecule has 0 aliphatic heterocycles. The maximum atomic E-state index is 10.8. The van der Waals surface area contributed by atoms with Crippen LogP contribution in [-0.4, -0.2) is 7.05 Å². The molecule has 0 aromatic heterocycles. The Labute approximate surface area is 59.6 Å². The number of nitrogen functional groups attached to an aromatic ring is 1. The van der Waals surface area contributed by atoms with Gasteiger partial charge in [-0.15, -0.1) is 0 Å². The molecule has 3 N–H and O–H groups in total. The average molecular weight is 138 g/mol. The number of hydroxylamine groups is 1. The number of hydrogen-bond acceptors (Lipinski definition) is 2. The lowest BCUT2D eigenvalue weighted by Gasteiger charge is -2.16. The molecule has 54 valence electrons. The Morgan fingerprint density at radius 3 is 2.40 bits per heavy atom. The van der Waals surface area contributed by atoms with Crippen molar-refractivity contribution < 1.29 is 5.06 Å². The van der Waals surface area contributed by atoms with Crippen molar-refractivity contribution in [1.82, 2.24) is 0 Å². The van der Waals surface area contributed by atoms with Crippen LogP contribution in [0, 0.1) is 5.21 Å². The molecule has 0 saturated heterocycles. The van der Waals surface area contributed by atoms with E-state index in [0.29, 0.717) is 11.4 Å². The molecule has 1 atom stereocenters. The summed E-state index contributed by atoms with van der Waals surface area (Å²) in [6.07, 6.45) is 0. The molecule has 0 aliphatic rings. The molecule has 0 heterocycles. The van der Waals surface area contributed by atoms with Crippen molar-refractivity contribution in [3.63, 3.8) is 0 Å². The maximum absolute atomic E-state index is 10.8. The lowest BCUT2D eigenvalue weighted by Crippen LogP contribution is -2.98. The summed E-state index contributed by atoms with van der Waals surface area (Å²) in [5.74, 6) is 0. The van der Waals surface area contributed by atoms with Crippen LogP contribution in [0.4, 0.5) is 11.4 Å². The highest BCUT2D eigenvalue weighted by atomic mass is 16.5. The van der Waals surface area contributed by atoms with E-state index in [-0.39, 0.29) is 5.06 Å². The van der Waals surface area contributed by atoms with Gasteiger partial charge in [-0.25, -0.2) is 0 Å². The summed E-state index contributed by atoms with van der Waals surface area (Å²) in [5.41, 5.74) is 6.65. The van der Waals surface area contributed by atoms with E-state index in [4.69, 9.17) is 5.73 Å². The Hall–Kier alpha value is -1.06. The molecule has 10 heavy (non-hydrogen) atoms. The summed E-state index contributed by atoms with van der Waals surface area (Å²) in [6.45, 7) is 0. The van der Waals surface area contributed by atoms with Crippen LogP contribution in [-0.2, 0) is 0 Å². The maximum Gasteiger partial charge on any atom is 0.154 e. The Bertz CT molecular complexity index is 223. The van der Waals surface area contributed by atoms with E-state index in [1.807, 2.05) is 6.07 Å². The van der Waals surface area contributed by atoms with E-state index >= 15 is 0 Å². The van der Waals surface area contributed by atoms with Crippen LogP contribution < -0.4 is 10.8 Å². The zero-order valence-electron chi connectivity index (χ0n) is 5.79. The number of anilines is 1. The number of nitrogens with one attached hydrogen (secondary N) is 1. The molecule has 0 saturated carbocycles. The lowest BCUT2D eigenvalue weighted by molar-refractivity contribution is -0.750. The van der Waals surface area contributed by atoms with Crippen molar-refractivity contribution in [2.24, 2.45) is 0 Å². The van der Waals surface area contributed by atoms with E-state index < -0.39 is 0 Å². The van der Waals surface area contributed by atoms with Crippen molar-refractivity contribution in [1.29, 1.82) is 0 Å². The van der Waals surface area contributed by atoms with Crippen molar-refractivity contribution in [3.8, 4) is 0 Å². The van der Waals surface area contributed by atoms with E-state index in [9.17, 15) is 5.21 Å². The number of quaternary nitrogens is 1. The van der Waals surface area contributed by atoms with Gasteiger partial charge < -0.3 is 16.0 Å². The topological polar surface area (TPSA) is 53.5 Å². The van der Waals surface area contributed by atoms with Gasteiger partial charge in [0.25, 0.3) is 0 Å². The second kappa shape index (κ2) is 2.68. The first-order chi connectivity index (χ1) is 4.72. The summed E-state index contributed by atoms with van der Waals surface area (Å²) in [5, 5.41) is 10.8. The zero-order chi connectivity index (χ0) is 7.56. The number of nitrogens with two attached hydrogens (primary N) is 1. The number of rotatable bonds is 1. The van der Waals surface area contributed by atoms with Crippen molar-refractivity contribution in [2.45, 2.75) is 0 Å². The average Bonchev–Trinajstić information content (AvgIpc) is 1.88. The SMILES string of the molecule is C[NH+]([O-])c1ccccc1N. The van der Waals surface area contributed by atoms with E-state index in [1.54, 1.807) is 18.2 Å². The fraction of sp³-hybridized carbons (Fsp3) is 0.143. The lowest BCUT2D eigenvalue weighted by atomic mass is 10.3. The van der Waals surface area contributed by atoms with E-state index in [1.165, 1.54) is 7.05 Å². The molecule has 0 radical (unpaired) electrons. The van der Waals surface area contributed by atoms with Gasteiger partial charge in [0.2, 0.25) is 0 Å². The fourth-order valence-electron chi connectivity index (χ4n) is 0.818. The van der Waals surface area contributed by atoms with Gasteiger partial charge in [-0.3, -0.25) is 0 Å². The van der Waals surface area contributed by atoms with Gasteiger partial charge in [-0.05, 0) is 6.07 Å².